The second-order valence-corrected chi connectivity index (χ2v) is 8.04. The number of benzene rings is 3. The van der Waals surface area contributed by atoms with Crippen LogP contribution in [0, 0.1) is 0 Å². The van der Waals surface area contributed by atoms with Crippen molar-refractivity contribution in [3.8, 4) is 17.2 Å². The van der Waals surface area contributed by atoms with E-state index < -0.39 is 17.7 Å². The van der Waals surface area contributed by atoms with E-state index in [1.54, 1.807) is 49.6 Å². The number of ether oxygens (including phenoxy) is 3. The van der Waals surface area contributed by atoms with Gasteiger partial charge in [-0.2, -0.15) is 0 Å². The lowest BCUT2D eigenvalue weighted by Gasteiger charge is -2.25. The van der Waals surface area contributed by atoms with Crippen molar-refractivity contribution in [2.24, 2.45) is 0 Å². The molecule has 2 aliphatic rings. The number of likely N-dealkylation sites (tertiary alicyclic amines) is 1. The van der Waals surface area contributed by atoms with Crippen LogP contribution in [-0.4, -0.2) is 42.0 Å². The molecule has 0 aliphatic carbocycles. The third-order valence-corrected chi connectivity index (χ3v) is 5.98. The fraction of sp³-hybridized carbons (Fsp3) is 0.185. The number of carbonyl (C=O) groups excluding carboxylic acids is 2. The van der Waals surface area contributed by atoms with Crippen molar-refractivity contribution in [2.75, 3.05) is 20.3 Å². The zero-order valence-corrected chi connectivity index (χ0v) is 18.6. The van der Waals surface area contributed by atoms with Crippen LogP contribution in [0.5, 0.6) is 17.2 Å². The summed E-state index contributed by atoms with van der Waals surface area (Å²) in [5.41, 5.74) is 1.97. The normalized spacial score (nSPS) is 18.7. The van der Waals surface area contributed by atoms with Crippen molar-refractivity contribution in [1.29, 1.82) is 0 Å². The standard InChI is InChI=1S/C27H23NO6/c1-32-20-10-7-18(8-11-20)24-23(25(29)19-9-12-21-22(15-19)34-14-13-33-21)26(30)27(31)28(24)16-17-5-3-2-4-6-17/h2-12,15,24,29H,13-14,16H2,1H3/b25-23+/t24-/m1/s1. The van der Waals surface area contributed by atoms with Crippen LogP contribution in [0.25, 0.3) is 5.76 Å². The quantitative estimate of drug-likeness (QED) is 0.353. The van der Waals surface area contributed by atoms with Crippen molar-refractivity contribution in [3.05, 3.63) is 95.1 Å². The van der Waals surface area contributed by atoms with Gasteiger partial charge in [0.15, 0.2) is 11.5 Å². The Morgan fingerprint density at radius 1 is 0.971 bits per heavy atom. The lowest BCUT2D eigenvalue weighted by Crippen LogP contribution is -2.29. The van der Waals surface area contributed by atoms with Crippen LogP contribution in [0.4, 0.5) is 0 Å². The molecule has 2 aliphatic heterocycles. The van der Waals surface area contributed by atoms with Crippen LogP contribution < -0.4 is 14.2 Å². The molecule has 1 atom stereocenters. The number of rotatable bonds is 5. The number of amides is 1. The van der Waals surface area contributed by atoms with Gasteiger partial charge in [-0.15, -0.1) is 0 Å². The average molecular weight is 457 g/mol. The molecule has 1 amide bonds. The third kappa shape index (κ3) is 3.85. The molecule has 2 heterocycles. The van der Waals surface area contributed by atoms with Crippen LogP contribution >= 0.6 is 0 Å². The van der Waals surface area contributed by atoms with Crippen molar-refractivity contribution >= 4 is 17.4 Å². The first-order chi connectivity index (χ1) is 16.6. The fourth-order valence-corrected chi connectivity index (χ4v) is 4.30. The van der Waals surface area contributed by atoms with Gasteiger partial charge in [-0.3, -0.25) is 9.59 Å². The van der Waals surface area contributed by atoms with Gasteiger partial charge in [0.05, 0.1) is 18.7 Å². The molecular weight excluding hydrogens is 434 g/mol. The van der Waals surface area contributed by atoms with Crippen LogP contribution in [0.2, 0.25) is 0 Å². The molecule has 1 saturated heterocycles. The lowest BCUT2D eigenvalue weighted by atomic mass is 9.95. The third-order valence-electron chi connectivity index (χ3n) is 5.98. The smallest absolute Gasteiger partial charge is 0.295 e. The monoisotopic (exact) mass is 457 g/mol. The Labute approximate surface area is 196 Å². The van der Waals surface area contributed by atoms with E-state index in [0.717, 1.165) is 5.56 Å². The summed E-state index contributed by atoms with van der Waals surface area (Å²) in [5.74, 6) is 0.0454. The second kappa shape index (κ2) is 8.94. The number of methoxy groups -OCH3 is 1. The number of ketones is 1. The number of hydrogen-bond donors (Lipinski definition) is 1. The molecule has 0 aromatic heterocycles. The minimum Gasteiger partial charge on any atom is -0.507 e. The molecule has 1 N–H and O–H groups in total. The topological polar surface area (TPSA) is 85.3 Å². The van der Waals surface area contributed by atoms with Crippen molar-refractivity contribution < 1.29 is 28.9 Å². The van der Waals surface area contributed by atoms with E-state index in [4.69, 9.17) is 14.2 Å². The summed E-state index contributed by atoms with van der Waals surface area (Å²) >= 11 is 0. The van der Waals surface area contributed by atoms with Gasteiger partial charge in [0, 0.05) is 12.1 Å². The number of aliphatic hydroxyl groups excluding tert-OH is 1. The first kappa shape index (κ1) is 21.6. The summed E-state index contributed by atoms with van der Waals surface area (Å²) in [6.07, 6.45) is 0. The summed E-state index contributed by atoms with van der Waals surface area (Å²) < 4.78 is 16.4. The molecule has 7 heteroatoms. The van der Waals surface area contributed by atoms with Gasteiger partial charge in [-0.05, 0) is 41.5 Å². The van der Waals surface area contributed by atoms with Gasteiger partial charge in [0.25, 0.3) is 11.7 Å². The molecule has 172 valence electrons. The highest BCUT2D eigenvalue weighted by Crippen LogP contribution is 2.42. The van der Waals surface area contributed by atoms with Crippen LogP contribution in [0.1, 0.15) is 22.7 Å². The number of carbonyl (C=O) groups is 2. The maximum Gasteiger partial charge on any atom is 0.295 e. The number of nitrogens with zero attached hydrogens (tertiary/aromatic N) is 1. The van der Waals surface area contributed by atoms with Crippen molar-refractivity contribution in [2.45, 2.75) is 12.6 Å². The largest absolute Gasteiger partial charge is 0.507 e. The van der Waals surface area contributed by atoms with Gasteiger partial charge in [0.1, 0.15) is 24.7 Å². The Bertz CT molecular complexity index is 1270. The molecule has 5 rings (SSSR count). The zero-order chi connectivity index (χ0) is 23.7. The molecule has 0 radical (unpaired) electrons. The summed E-state index contributed by atoms with van der Waals surface area (Å²) in [6.45, 7) is 1.06. The molecule has 3 aromatic rings. The number of fused-ring (bicyclic) bond motifs is 1. The molecule has 0 saturated carbocycles. The SMILES string of the molecule is COc1ccc([C@@H]2/C(=C(\O)c3ccc4c(c3)OCCO4)C(=O)C(=O)N2Cc2ccccc2)cc1. The van der Waals surface area contributed by atoms with E-state index in [9.17, 15) is 14.7 Å². The summed E-state index contributed by atoms with van der Waals surface area (Å²) in [6, 6.07) is 20.8. The van der Waals surface area contributed by atoms with Gasteiger partial charge < -0.3 is 24.2 Å². The van der Waals surface area contributed by atoms with Gasteiger partial charge in [0.2, 0.25) is 0 Å². The maximum atomic E-state index is 13.2. The summed E-state index contributed by atoms with van der Waals surface area (Å²) in [5, 5.41) is 11.3. The molecule has 7 nitrogen and oxygen atoms in total. The van der Waals surface area contributed by atoms with E-state index in [-0.39, 0.29) is 17.9 Å². The van der Waals surface area contributed by atoms with E-state index >= 15 is 0 Å². The molecule has 0 unspecified atom stereocenters. The minimum atomic E-state index is -0.765. The van der Waals surface area contributed by atoms with Crippen LogP contribution in [-0.2, 0) is 16.1 Å². The predicted molar refractivity (Wildman–Crippen MR) is 125 cm³/mol. The van der Waals surface area contributed by atoms with E-state index in [1.165, 1.54) is 4.90 Å². The number of hydrogen-bond acceptors (Lipinski definition) is 6. The average Bonchev–Trinajstić information content (AvgIpc) is 3.13. The lowest BCUT2D eigenvalue weighted by molar-refractivity contribution is -0.140. The highest BCUT2D eigenvalue weighted by molar-refractivity contribution is 6.46. The number of Topliss-reactive ketones (excluding diaryl/α,β-unsaturated/α-hetero) is 1. The molecule has 0 spiro atoms. The minimum absolute atomic E-state index is 0.0303. The Kier molecular flexibility index (Phi) is 5.67. The van der Waals surface area contributed by atoms with Gasteiger partial charge in [-0.1, -0.05) is 42.5 Å². The fourth-order valence-electron chi connectivity index (χ4n) is 4.30. The molecule has 1 fully saturated rings. The first-order valence-electron chi connectivity index (χ1n) is 10.9. The van der Waals surface area contributed by atoms with Gasteiger partial charge >= 0.3 is 0 Å². The van der Waals surface area contributed by atoms with E-state index in [0.29, 0.717) is 41.6 Å². The van der Waals surface area contributed by atoms with E-state index in [1.807, 2.05) is 30.3 Å². The van der Waals surface area contributed by atoms with E-state index in [2.05, 4.69) is 0 Å². The Balaban J connectivity index is 1.62. The Morgan fingerprint density at radius 2 is 1.68 bits per heavy atom. The van der Waals surface area contributed by atoms with Crippen molar-refractivity contribution in [1.82, 2.24) is 4.90 Å². The first-order valence-corrected chi connectivity index (χ1v) is 10.9. The number of aliphatic hydroxyl groups is 1. The predicted octanol–water partition coefficient (Wildman–Crippen LogP) is 4.09. The highest BCUT2D eigenvalue weighted by atomic mass is 16.6. The van der Waals surface area contributed by atoms with Crippen LogP contribution in [0.3, 0.4) is 0 Å². The Morgan fingerprint density at radius 3 is 2.38 bits per heavy atom. The second-order valence-electron chi connectivity index (χ2n) is 8.04. The summed E-state index contributed by atoms with van der Waals surface area (Å²) in [7, 11) is 1.57. The van der Waals surface area contributed by atoms with Gasteiger partial charge in [-0.25, -0.2) is 0 Å². The molecule has 0 bridgehead atoms. The maximum absolute atomic E-state index is 13.2. The highest BCUT2D eigenvalue weighted by Gasteiger charge is 2.46. The molecule has 34 heavy (non-hydrogen) atoms. The van der Waals surface area contributed by atoms with Crippen molar-refractivity contribution in [3.63, 3.8) is 0 Å². The zero-order valence-electron chi connectivity index (χ0n) is 18.6. The Hall–Kier alpha value is -4.26. The molecular formula is C27H23NO6. The molecule has 3 aromatic carbocycles. The summed E-state index contributed by atoms with van der Waals surface area (Å²) in [4.78, 5) is 27.9. The van der Waals surface area contributed by atoms with Crippen LogP contribution in [0.15, 0.2) is 78.4 Å².